The Labute approximate surface area is 458 Å². The quantitative estimate of drug-likeness (QED) is 0.0150. The van der Waals surface area contributed by atoms with E-state index in [9.17, 15) is 29.7 Å². The van der Waals surface area contributed by atoms with Crippen molar-refractivity contribution in [2.24, 2.45) is 5.73 Å². The van der Waals surface area contributed by atoms with Crippen molar-refractivity contribution in [2.75, 3.05) is 13.2 Å². The molecule has 7 N–H and O–H groups in total. The third kappa shape index (κ3) is 62.4. The van der Waals surface area contributed by atoms with Crippen molar-refractivity contribution in [3.8, 4) is 0 Å². The van der Waals surface area contributed by atoms with Crippen LogP contribution in [0.25, 0.3) is 0 Å². The highest BCUT2D eigenvalue weighted by Crippen LogP contribution is 2.15. The number of ether oxygens (including phenoxy) is 1. The molecule has 0 aromatic heterocycles. The minimum absolute atomic E-state index is 0.0802. The Balaban J connectivity index is -0.00000104. The van der Waals surface area contributed by atoms with Crippen molar-refractivity contribution in [3.63, 3.8) is 0 Å². The molecule has 4 atom stereocenters. The Kier molecular flexibility index (Phi) is 67.0. The van der Waals surface area contributed by atoms with Crippen LogP contribution in [0.15, 0.2) is 24.3 Å². The molecule has 0 unspecified atom stereocenters. The second-order valence-corrected chi connectivity index (χ2v) is 21.4. The SMILES string of the molecule is CCCCCCCCCC(=O)OC(=O)CCCCCCCCC.CCCCCCCCCCCCC/C=C/[C@@H](O)[C@@H](N)CO.CCCCCCCCCCCCC/C=C/[C@@H](O)[C@H](CO)NC(=O)CCCCCCC. The van der Waals surface area contributed by atoms with Crippen LogP contribution in [0.4, 0.5) is 0 Å². The van der Waals surface area contributed by atoms with E-state index < -0.39 is 24.3 Å². The number of hydrogen-bond donors (Lipinski definition) is 6. The number of carbonyl (C=O) groups excluding carboxylic acids is 3. The topological polar surface area (TPSA) is 179 Å². The molecule has 74 heavy (non-hydrogen) atoms. The number of nitrogens with one attached hydrogen (secondary N) is 1. The second-order valence-electron chi connectivity index (χ2n) is 21.4. The molecule has 0 rings (SSSR count). The lowest BCUT2D eigenvalue weighted by Crippen LogP contribution is -2.45. The summed E-state index contributed by atoms with van der Waals surface area (Å²) < 4.78 is 4.86. The van der Waals surface area contributed by atoms with Gasteiger partial charge in [0.2, 0.25) is 5.91 Å². The first-order chi connectivity index (χ1) is 36.1. The highest BCUT2D eigenvalue weighted by atomic mass is 16.6. The van der Waals surface area contributed by atoms with Gasteiger partial charge in [0, 0.05) is 19.3 Å². The largest absolute Gasteiger partial charge is 0.395 e. The Bertz CT molecular complexity index is 1170. The number of rotatable bonds is 53. The fourth-order valence-corrected chi connectivity index (χ4v) is 8.80. The van der Waals surface area contributed by atoms with Gasteiger partial charge < -0.3 is 36.2 Å². The van der Waals surface area contributed by atoms with Crippen LogP contribution in [0.2, 0.25) is 0 Å². The molecular weight excluding hydrogens is 925 g/mol. The third-order valence-corrected chi connectivity index (χ3v) is 13.9. The average molecular weight is 1050 g/mol. The van der Waals surface area contributed by atoms with Crippen LogP contribution in [-0.2, 0) is 19.1 Å². The van der Waals surface area contributed by atoms with Crippen molar-refractivity contribution in [1.82, 2.24) is 5.32 Å². The number of unbranched alkanes of at least 4 members (excludes halogenated alkanes) is 38. The van der Waals surface area contributed by atoms with Crippen molar-refractivity contribution in [2.45, 2.75) is 354 Å². The minimum Gasteiger partial charge on any atom is -0.395 e. The lowest BCUT2D eigenvalue weighted by molar-refractivity contribution is -0.159. The van der Waals surface area contributed by atoms with Gasteiger partial charge in [-0.1, -0.05) is 290 Å². The van der Waals surface area contributed by atoms with Gasteiger partial charge in [-0.05, 0) is 44.9 Å². The van der Waals surface area contributed by atoms with Crippen LogP contribution < -0.4 is 11.1 Å². The van der Waals surface area contributed by atoms with Crippen molar-refractivity contribution < 1.29 is 39.5 Å². The van der Waals surface area contributed by atoms with Gasteiger partial charge >= 0.3 is 11.9 Å². The molecule has 0 spiro atoms. The number of carbonyl (C=O) groups is 3. The molecule has 0 saturated heterocycles. The zero-order valence-electron chi connectivity index (χ0n) is 49.6. The molecular formula is C64H126N2O8. The number of nitrogens with two attached hydrogens (primary N) is 1. The van der Waals surface area contributed by atoms with E-state index in [1.807, 2.05) is 12.2 Å². The van der Waals surface area contributed by atoms with Crippen LogP contribution in [0, 0.1) is 0 Å². The molecule has 0 radical (unpaired) electrons. The van der Waals surface area contributed by atoms with Gasteiger partial charge in [-0.2, -0.15) is 0 Å². The normalized spacial score (nSPS) is 13.0. The van der Waals surface area contributed by atoms with Gasteiger partial charge in [-0.15, -0.1) is 0 Å². The Hall–Kier alpha value is -2.11. The minimum atomic E-state index is -0.827. The third-order valence-electron chi connectivity index (χ3n) is 13.9. The van der Waals surface area contributed by atoms with E-state index >= 15 is 0 Å². The fourth-order valence-electron chi connectivity index (χ4n) is 8.80. The van der Waals surface area contributed by atoms with Crippen molar-refractivity contribution in [3.05, 3.63) is 24.3 Å². The van der Waals surface area contributed by atoms with Crippen LogP contribution in [0.5, 0.6) is 0 Å². The predicted octanol–water partition coefficient (Wildman–Crippen LogP) is 16.7. The summed E-state index contributed by atoms with van der Waals surface area (Å²) in [5, 5.41) is 40.8. The summed E-state index contributed by atoms with van der Waals surface area (Å²) in [6, 6.07) is -1.17. The molecule has 0 saturated carbocycles. The van der Waals surface area contributed by atoms with Gasteiger partial charge in [-0.25, -0.2) is 0 Å². The number of aliphatic hydroxyl groups excluding tert-OH is 4. The average Bonchev–Trinajstić information content (AvgIpc) is 3.39. The lowest BCUT2D eigenvalue weighted by atomic mass is 10.0. The van der Waals surface area contributed by atoms with E-state index in [1.165, 1.54) is 212 Å². The summed E-state index contributed by atoms with van der Waals surface area (Å²) in [4.78, 5) is 35.1. The van der Waals surface area contributed by atoms with E-state index in [0.29, 0.717) is 19.3 Å². The number of allylic oxidation sites excluding steroid dienone is 2. The van der Waals surface area contributed by atoms with Gasteiger partial charge in [0.25, 0.3) is 0 Å². The highest BCUT2D eigenvalue weighted by Gasteiger charge is 2.18. The van der Waals surface area contributed by atoms with E-state index in [0.717, 1.165) is 64.2 Å². The number of amides is 1. The molecule has 10 nitrogen and oxygen atoms in total. The summed E-state index contributed by atoms with van der Waals surface area (Å²) in [5.74, 6) is -0.763. The molecule has 0 aliphatic rings. The zero-order valence-corrected chi connectivity index (χ0v) is 49.6. The first-order valence-electron chi connectivity index (χ1n) is 31.8. The van der Waals surface area contributed by atoms with Gasteiger partial charge in [-0.3, -0.25) is 14.4 Å². The summed E-state index contributed by atoms with van der Waals surface area (Å²) in [6.07, 6.45) is 60.3. The summed E-state index contributed by atoms with van der Waals surface area (Å²) in [5.41, 5.74) is 5.51. The smallest absolute Gasteiger partial charge is 0.313 e. The maximum Gasteiger partial charge on any atom is 0.313 e. The summed E-state index contributed by atoms with van der Waals surface area (Å²) in [7, 11) is 0. The Morgan fingerprint density at radius 1 is 0.392 bits per heavy atom. The summed E-state index contributed by atoms with van der Waals surface area (Å²) >= 11 is 0. The first-order valence-corrected chi connectivity index (χ1v) is 31.8. The highest BCUT2D eigenvalue weighted by molar-refractivity contribution is 5.85. The number of aliphatic hydroxyl groups is 4. The van der Waals surface area contributed by atoms with Gasteiger partial charge in [0.15, 0.2) is 0 Å². The van der Waals surface area contributed by atoms with E-state index in [-0.39, 0.29) is 31.1 Å². The molecule has 0 aromatic rings. The van der Waals surface area contributed by atoms with Crippen LogP contribution in [0.3, 0.4) is 0 Å². The fraction of sp³-hybridized carbons (Fsp3) is 0.891. The standard InChI is InChI=1S/C26H51NO3.C20H38O3.C18H37NO2/c1-3-5-7-9-10-11-12-13-14-15-16-18-19-21-25(29)24(23-28)27-26(30)22-20-17-8-6-4-2;1-3-5-7-9-11-13-15-17-19(21)23-20(22)18-16-14-12-10-8-6-4-2;1-2-3-4-5-6-7-8-9-10-11-12-13-14-15-18(21)17(19)16-20/h19,21,24-25,28-29H,3-18,20,22-23H2,1-2H3,(H,27,30);3-18H2,1-2H3;14-15,17-18,20-21H,2-13,16,19H2,1H3/b21-19+;;15-14+/t24-,25+;;17-,18+/m0.0/s1. The molecule has 440 valence electrons. The maximum atomic E-state index is 12.0. The second kappa shape index (κ2) is 65.2. The number of esters is 2. The monoisotopic (exact) mass is 1050 g/mol. The zero-order chi connectivity index (χ0) is 55.2. The lowest BCUT2D eigenvalue weighted by Gasteiger charge is -2.20. The molecule has 0 heterocycles. The van der Waals surface area contributed by atoms with Crippen molar-refractivity contribution >= 4 is 17.8 Å². The molecule has 0 fully saturated rings. The Morgan fingerprint density at radius 2 is 0.662 bits per heavy atom. The van der Waals surface area contributed by atoms with E-state index in [2.05, 4.69) is 39.9 Å². The van der Waals surface area contributed by atoms with Crippen LogP contribution >= 0.6 is 0 Å². The molecule has 0 aromatic carbocycles. The van der Waals surface area contributed by atoms with Crippen LogP contribution in [-0.4, -0.2) is 75.8 Å². The molecule has 0 aliphatic heterocycles. The molecule has 0 aliphatic carbocycles. The van der Waals surface area contributed by atoms with Crippen LogP contribution in [0.1, 0.15) is 330 Å². The molecule has 1 amide bonds. The maximum absolute atomic E-state index is 12.0. The molecule has 10 heteroatoms. The van der Waals surface area contributed by atoms with Gasteiger partial charge in [0.05, 0.1) is 37.5 Å². The van der Waals surface area contributed by atoms with E-state index in [4.69, 9.17) is 15.6 Å². The first kappa shape index (κ1) is 76.1. The van der Waals surface area contributed by atoms with Gasteiger partial charge in [0.1, 0.15) is 0 Å². The predicted molar refractivity (Wildman–Crippen MR) is 316 cm³/mol. The number of hydrogen-bond acceptors (Lipinski definition) is 9. The van der Waals surface area contributed by atoms with E-state index in [1.54, 1.807) is 12.2 Å². The Morgan fingerprint density at radius 3 is 0.959 bits per heavy atom. The molecule has 0 bridgehead atoms. The van der Waals surface area contributed by atoms with Crippen molar-refractivity contribution in [1.29, 1.82) is 0 Å². The summed E-state index contributed by atoms with van der Waals surface area (Å²) in [6.45, 7) is 10.7.